The molecular weight excluding hydrogens is 384 g/mol. The van der Waals surface area contributed by atoms with Crippen LogP contribution in [-0.2, 0) is 16.1 Å². The summed E-state index contributed by atoms with van der Waals surface area (Å²) in [7, 11) is 1.40. The van der Waals surface area contributed by atoms with Crippen molar-refractivity contribution in [3.63, 3.8) is 0 Å². The molecule has 0 aliphatic rings. The molecule has 0 fully saturated rings. The molecule has 0 bridgehead atoms. The smallest absolute Gasteiger partial charge is 0.338 e. The molecule has 0 aliphatic heterocycles. The molecule has 0 saturated carbocycles. The number of carbonyl (C=O) groups excluding carboxylic acids is 1. The van der Waals surface area contributed by atoms with Gasteiger partial charge in [-0.15, -0.1) is 0 Å². The Kier molecular flexibility index (Phi) is 9.09. The first-order valence-corrected chi connectivity index (χ1v) is 10.5. The summed E-state index contributed by atoms with van der Waals surface area (Å²) < 4.78 is 14.0. The largest absolute Gasteiger partial charge is 0.492 e. The summed E-state index contributed by atoms with van der Waals surface area (Å²) in [4.78, 5) is 13.0. The van der Waals surface area contributed by atoms with Gasteiger partial charge in [-0.2, -0.15) is 0 Å². The molecule has 0 amide bonds. The minimum absolute atomic E-state index is 0.250. The minimum atomic E-state index is -0.311. The number of esters is 1. The Hall–Kier alpha value is -2.44. The predicted octanol–water partition coefficient (Wildman–Crippen LogP) is 4.99. The van der Waals surface area contributed by atoms with Crippen molar-refractivity contribution in [2.24, 2.45) is 5.73 Å². The Morgan fingerprint density at radius 1 is 1.17 bits per heavy atom. The first kappa shape index (κ1) is 22.8. The maximum atomic E-state index is 12.1. The van der Waals surface area contributed by atoms with Crippen molar-refractivity contribution in [3.8, 4) is 0 Å². The molecule has 2 rings (SSSR count). The molecule has 0 unspecified atom stereocenters. The maximum absolute atomic E-state index is 12.1. The third kappa shape index (κ3) is 7.15. The van der Waals surface area contributed by atoms with Crippen LogP contribution in [0.1, 0.15) is 54.6 Å². The Morgan fingerprint density at radius 2 is 1.90 bits per heavy atom. The van der Waals surface area contributed by atoms with Gasteiger partial charge in [0.05, 0.1) is 12.7 Å². The average molecular weight is 415 g/mol. The van der Waals surface area contributed by atoms with Gasteiger partial charge >= 0.3 is 5.97 Å². The average Bonchev–Trinajstić information content (AvgIpc) is 2.74. The molecule has 156 valence electrons. The number of nitrogens with one attached hydrogen (secondary N) is 1. The van der Waals surface area contributed by atoms with Crippen LogP contribution in [0.5, 0.6) is 0 Å². The number of rotatable bonds is 10. The summed E-state index contributed by atoms with van der Waals surface area (Å²) in [5, 5.41) is 0. The van der Waals surface area contributed by atoms with E-state index in [-0.39, 0.29) is 11.9 Å². The van der Waals surface area contributed by atoms with Gasteiger partial charge in [-0.25, -0.2) is 4.79 Å². The van der Waals surface area contributed by atoms with Gasteiger partial charge in [0.25, 0.3) is 0 Å². The molecule has 0 aliphatic carbocycles. The van der Waals surface area contributed by atoms with Crippen LogP contribution in [-0.4, -0.2) is 19.6 Å². The number of methoxy groups -OCH3 is 1. The van der Waals surface area contributed by atoms with Crippen LogP contribution < -0.4 is 10.5 Å². The van der Waals surface area contributed by atoms with Gasteiger partial charge in [-0.1, -0.05) is 50.2 Å². The molecule has 0 aromatic heterocycles. The summed E-state index contributed by atoms with van der Waals surface area (Å²) >= 11 is 1.47. The molecule has 3 N–H and O–H groups in total. The second kappa shape index (κ2) is 11.5. The van der Waals surface area contributed by atoms with Gasteiger partial charge in [-0.3, -0.25) is 4.72 Å². The van der Waals surface area contributed by atoms with Crippen molar-refractivity contribution >= 4 is 17.9 Å². The summed E-state index contributed by atoms with van der Waals surface area (Å²) in [5.41, 5.74) is 9.57. The van der Waals surface area contributed by atoms with E-state index in [1.54, 1.807) is 0 Å². The quantitative estimate of drug-likeness (QED) is 0.247. The van der Waals surface area contributed by atoms with E-state index in [2.05, 4.69) is 18.6 Å². The third-order valence-corrected chi connectivity index (χ3v) is 5.33. The Balaban J connectivity index is 1.85. The fraction of sp³-hybridized carbons (Fsp3) is 0.348. The van der Waals surface area contributed by atoms with Crippen LogP contribution in [0.2, 0.25) is 0 Å². The zero-order valence-electron chi connectivity index (χ0n) is 17.5. The standard InChI is InChI=1S/C23H30N2O3S/c1-16(2)20-11-10-19(14-21(20)23(26)27-4)29-25-13-12-22(24)17(3)28-15-18-8-6-5-7-9-18/h5-11,14,16,25H,12-13,15,24H2,1-4H3/b22-17-. The van der Waals surface area contributed by atoms with Crippen LogP contribution in [0.3, 0.4) is 0 Å². The molecule has 5 nitrogen and oxygen atoms in total. The summed E-state index contributed by atoms with van der Waals surface area (Å²) in [6, 6.07) is 15.9. The Morgan fingerprint density at radius 3 is 2.55 bits per heavy atom. The molecule has 0 heterocycles. The minimum Gasteiger partial charge on any atom is -0.492 e. The van der Waals surface area contributed by atoms with E-state index in [1.165, 1.54) is 19.1 Å². The first-order chi connectivity index (χ1) is 13.9. The SMILES string of the molecule is COC(=O)c1cc(SNCC/C(N)=C(\C)OCc2ccccc2)ccc1C(C)C. The second-order valence-corrected chi connectivity index (χ2v) is 7.96. The molecule has 0 radical (unpaired) electrons. The van der Waals surface area contributed by atoms with Crippen LogP contribution in [0.25, 0.3) is 0 Å². The molecular formula is C23H30N2O3S. The molecule has 0 saturated heterocycles. The van der Waals surface area contributed by atoms with Gasteiger partial charge in [0.2, 0.25) is 0 Å². The fourth-order valence-corrected chi connectivity index (χ4v) is 3.43. The second-order valence-electron chi connectivity index (χ2n) is 7.00. The van der Waals surface area contributed by atoms with Crippen LogP contribution in [0.15, 0.2) is 64.9 Å². The van der Waals surface area contributed by atoms with E-state index in [0.29, 0.717) is 25.1 Å². The normalized spacial score (nSPS) is 11.9. The lowest BCUT2D eigenvalue weighted by atomic mass is 9.97. The molecule has 0 atom stereocenters. The van der Waals surface area contributed by atoms with E-state index in [9.17, 15) is 4.79 Å². The van der Waals surface area contributed by atoms with Gasteiger partial charge in [-0.05, 0) is 48.0 Å². The highest BCUT2D eigenvalue weighted by Crippen LogP contribution is 2.25. The van der Waals surface area contributed by atoms with Crippen LogP contribution >= 0.6 is 11.9 Å². The monoisotopic (exact) mass is 414 g/mol. The van der Waals surface area contributed by atoms with E-state index in [0.717, 1.165) is 27.5 Å². The topological polar surface area (TPSA) is 73.6 Å². The van der Waals surface area contributed by atoms with E-state index in [4.69, 9.17) is 15.2 Å². The van der Waals surface area contributed by atoms with Crippen molar-refractivity contribution in [2.75, 3.05) is 13.7 Å². The number of carbonyl (C=O) groups is 1. The van der Waals surface area contributed by atoms with E-state index >= 15 is 0 Å². The van der Waals surface area contributed by atoms with Crippen molar-refractivity contribution in [1.29, 1.82) is 0 Å². The number of allylic oxidation sites excluding steroid dienone is 1. The lowest BCUT2D eigenvalue weighted by Crippen LogP contribution is -2.13. The molecule has 0 spiro atoms. The van der Waals surface area contributed by atoms with Crippen LogP contribution in [0, 0.1) is 0 Å². The van der Waals surface area contributed by atoms with Crippen LogP contribution in [0.4, 0.5) is 0 Å². The summed E-state index contributed by atoms with van der Waals surface area (Å²) in [6.07, 6.45) is 0.668. The number of nitrogens with two attached hydrogens (primary N) is 1. The van der Waals surface area contributed by atoms with Crippen molar-refractivity contribution in [3.05, 3.63) is 76.7 Å². The molecule has 2 aromatic carbocycles. The maximum Gasteiger partial charge on any atom is 0.338 e. The van der Waals surface area contributed by atoms with Gasteiger partial charge in [0.15, 0.2) is 0 Å². The highest BCUT2D eigenvalue weighted by molar-refractivity contribution is 7.97. The van der Waals surface area contributed by atoms with E-state index in [1.807, 2.05) is 55.5 Å². The Labute approximate surface area is 177 Å². The van der Waals surface area contributed by atoms with Crippen molar-refractivity contribution in [2.45, 2.75) is 44.6 Å². The van der Waals surface area contributed by atoms with E-state index < -0.39 is 0 Å². The highest BCUT2D eigenvalue weighted by Gasteiger charge is 2.15. The van der Waals surface area contributed by atoms with Crippen molar-refractivity contribution < 1.29 is 14.3 Å². The zero-order chi connectivity index (χ0) is 21.2. The fourth-order valence-electron chi connectivity index (χ4n) is 2.74. The highest BCUT2D eigenvalue weighted by atomic mass is 32.2. The third-order valence-electron chi connectivity index (χ3n) is 4.49. The molecule has 2 aromatic rings. The number of benzene rings is 2. The first-order valence-electron chi connectivity index (χ1n) is 9.66. The lowest BCUT2D eigenvalue weighted by molar-refractivity contribution is 0.0598. The van der Waals surface area contributed by atoms with Gasteiger partial charge in [0, 0.05) is 23.6 Å². The summed E-state index contributed by atoms with van der Waals surface area (Å²) in [6.45, 7) is 7.20. The Bertz CT molecular complexity index is 835. The van der Waals surface area contributed by atoms with Crippen molar-refractivity contribution in [1.82, 2.24) is 4.72 Å². The number of ether oxygens (including phenoxy) is 2. The molecule has 6 heteroatoms. The summed E-state index contributed by atoms with van der Waals surface area (Å²) in [5.74, 6) is 0.685. The number of hydrogen-bond donors (Lipinski definition) is 2. The molecule has 29 heavy (non-hydrogen) atoms. The number of hydrogen-bond acceptors (Lipinski definition) is 6. The lowest BCUT2D eigenvalue weighted by Gasteiger charge is -2.13. The van der Waals surface area contributed by atoms with Gasteiger partial charge < -0.3 is 15.2 Å². The predicted molar refractivity (Wildman–Crippen MR) is 118 cm³/mol. The zero-order valence-corrected chi connectivity index (χ0v) is 18.3. The van der Waals surface area contributed by atoms with Gasteiger partial charge in [0.1, 0.15) is 12.4 Å².